The molecule has 4 bridgehead atoms. The second kappa shape index (κ2) is 23.9. The normalized spacial score (nSPS) is 16.8. The largest absolute Gasteiger partial charge is 0.492 e. The molecule has 3 amide bonds. The molecule has 340 valence electrons. The summed E-state index contributed by atoms with van der Waals surface area (Å²) < 4.78 is 12.2. The first-order chi connectivity index (χ1) is 30.7. The van der Waals surface area contributed by atoms with Crippen LogP contribution in [-0.4, -0.2) is 104 Å². The fourth-order valence-electron chi connectivity index (χ4n) is 7.73. The molecule has 0 fully saturated rings. The number of carbonyl (C=O) groups is 5. The Bertz CT molecular complexity index is 2240. The van der Waals surface area contributed by atoms with Crippen molar-refractivity contribution in [3.63, 3.8) is 0 Å². The molecule has 0 saturated carbocycles. The zero-order valence-electron chi connectivity index (χ0n) is 36.3. The van der Waals surface area contributed by atoms with Crippen LogP contribution >= 0.6 is 11.6 Å². The van der Waals surface area contributed by atoms with Gasteiger partial charge in [0.15, 0.2) is 11.6 Å². The maximum Gasteiger partial charge on any atom is 0.472 e. The zero-order chi connectivity index (χ0) is 46.3. The van der Waals surface area contributed by atoms with E-state index in [0.29, 0.717) is 70.1 Å². The van der Waals surface area contributed by atoms with Gasteiger partial charge >= 0.3 is 7.12 Å². The molecule has 0 aliphatic carbocycles. The summed E-state index contributed by atoms with van der Waals surface area (Å²) in [6, 6.07) is 22.4. The van der Waals surface area contributed by atoms with Gasteiger partial charge in [0.25, 0.3) is 0 Å². The highest BCUT2D eigenvalue weighted by atomic mass is 35.5. The molecule has 5 rings (SSSR count). The fraction of sp³-hybridized carbons (Fsp3) is 0.383. The summed E-state index contributed by atoms with van der Waals surface area (Å²) in [5.41, 5.74) is 21.8. The number of Topliss-reactive ketones (excluding diaryl/α,β-unsaturated/α-hetero) is 2. The molecule has 0 spiro atoms. The first-order valence-corrected chi connectivity index (χ1v) is 21.9. The number of rotatable bonds is 19. The van der Waals surface area contributed by atoms with Gasteiger partial charge in [-0.2, -0.15) is 0 Å². The SMILES string of the molecule is C[C@@H]1CC(=O)[C@@H](N(C)C(=O)[C@H](CCCCN)CC(=O)c2ccc(-c3ccc(Cl)cc3)cc2)c2ccc(OCCN)c(c2)-c2cc(ccc2OCCN)C[C@@H](C(=O)NCB(O)O)NC1=O. The van der Waals surface area contributed by atoms with E-state index in [1.807, 2.05) is 24.3 Å². The Balaban J connectivity index is 1.58. The smallest absolute Gasteiger partial charge is 0.472 e. The molecule has 4 aromatic carbocycles. The van der Waals surface area contributed by atoms with Crippen LogP contribution in [0.4, 0.5) is 0 Å². The third-order valence-electron chi connectivity index (χ3n) is 11.1. The van der Waals surface area contributed by atoms with Crippen LogP contribution in [0.2, 0.25) is 5.02 Å². The summed E-state index contributed by atoms with van der Waals surface area (Å²) in [7, 11) is -0.313. The van der Waals surface area contributed by atoms with Crippen molar-refractivity contribution in [2.75, 3.05) is 46.3 Å². The Hall–Kier alpha value is -5.62. The van der Waals surface area contributed by atoms with E-state index in [2.05, 4.69) is 10.6 Å². The van der Waals surface area contributed by atoms with Crippen molar-refractivity contribution in [3.05, 3.63) is 107 Å². The Morgan fingerprint density at radius 1 is 0.844 bits per heavy atom. The molecular weight excluding hydrogens is 839 g/mol. The molecule has 0 saturated heterocycles. The lowest BCUT2D eigenvalue weighted by Gasteiger charge is -2.32. The lowest BCUT2D eigenvalue weighted by Crippen LogP contribution is -2.51. The second-order valence-electron chi connectivity index (χ2n) is 16.0. The van der Waals surface area contributed by atoms with Crippen LogP contribution in [0.1, 0.15) is 66.6 Å². The van der Waals surface area contributed by atoms with Crippen LogP contribution in [0, 0.1) is 11.8 Å². The Kier molecular flexibility index (Phi) is 18.4. The predicted molar refractivity (Wildman–Crippen MR) is 246 cm³/mol. The van der Waals surface area contributed by atoms with Gasteiger partial charge < -0.3 is 52.3 Å². The van der Waals surface area contributed by atoms with Crippen molar-refractivity contribution in [1.29, 1.82) is 0 Å². The molecule has 0 radical (unpaired) electrons. The predicted octanol–water partition coefficient (Wildman–Crippen LogP) is 3.63. The standard InChI is InChI=1S/C47H58BClN6O9/c1-29-23-41(57)44(55(2)47(60)35(5-3-4-18-50)27-40(56)33-9-7-31(8-10-33)32-11-14-36(49)15-12-32)34-13-17-43(64-22-20-52)38(26-34)37-24-30(6-16-42(37)63-21-19-51)25-39(54-45(29)58)46(59)53-28-48(61)62/h6-17,24,26,29,35,39,44,61-62H,3-5,18-23,25,27-28,50-52H2,1-2H3,(H,53,59)(H,54,58)/t29-,35-,39+,44+/m1/s1. The summed E-state index contributed by atoms with van der Waals surface area (Å²) in [4.78, 5) is 72.1. The van der Waals surface area contributed by atoms with E-state index < -0.39 is 61.0 Å². The number of hydrogen-bond acceptors (Lipinski definition) is 12. The topological polar surface area (TPSA) is 250 Å². The van der Waals surface area contributed by atoms with Crippen molar-refractivity contribution in [2.24, 2.45) is 29.0 Å². The summed E-state index contributed by atoms with van der Waals surface area (Å²) >= 11 is 6.07. The number of nitrogens with two attached hydrogens (primary N) is 3. The number of ketones is 2. The first kappa shape index (κ1) is 49.4. The number of likely N-dealkylation sites (N-methyl/N-ethyl adjacent to an activating group) is 1. The van der Waals surface area contributed by atoms with Crippen LogP contribution in [0.15, 0.2) is 84.9 Å². The molecular formula is C47H58BClN6O9. The van der Waals surface area contributed by atoms with Crippen LogP contribution in [0.25, 0.3) is 22.3 Å². The summed E-state index contributed by atoms with van der Waals surface area (Å²) in [6.45, 7) is 2.65. The highest BCUT2D eigenvalue weighted by Gasteiger charge is 2.36. The number of unbranched alkanes of at least 4 members (excludes halogenated alkanes) is 1. The van der Waals surface area contributed by atoms with E-state index in [-0.39, 0.29) is 51.3 Å². The molecule has 0 unspecified atom stereocenters. The number of fused-ring (bicyclic) bond motifs is 5. The Morgan fingerprint density at radius 3 is 2.06 bits per heavy atom. The summed E-state index contributed by atoms with van der Waals surface area (Å²) in [6.07, 6.45) is 0.554. The van der Waals surface area contributed by atoms with E-state index in [1.165, 1.54) is 11.9 Å². The fourth-order valence-corrected chi connectivity index (χ4v) is 7.86. The van der Waals surface area contributed by atoms with E-state index in [0.717, 1.165) is 11.1 Å². The third-order valence-corrected chi connectivity index (χ3v) is 11.4. The quantitative estimate of drug-likeness (QED) is 0.0405. The molecule has 17 heteroatoms. The average molecular weight is 897 g/mol. The molecule has 0 aromatic heterocycles. The molecule has 1 aliphatic heterocycles. The van der Waals surface area contributed by atoms with E-state index in [4.69, 9.17) is 38.3 Å². The van der Waals surface area contributed by atoms with E-state index >= 15 is 0 Å². The second-order valence-corrected chi connectivity index (χ2v) is 16.4. The van der Waals surface area contributed by atoms with Crippen molar-refractivity contribution in [1.82, 2.24) is 15.5 Å². The maximum atomic E-state index is 14.8. The van der Waals surface area contributed by atoms with Gasteiger partial charge in [0.1, 0.15) is 36.8 Å². The number of hydrogen-bond donors (Lipinski definition) is 7. The minimum Gasteiger partial charge on any atom is -0.492 e. The van der Waals surface area contributed by atoms with Gasteiger partial charge in [0.05, 0.1) is 6.44 Å². The minimum atomic E-state index is -1.83. The minimum absolute atomic E-state index is 0.0146. The van der Waals surface area contributed by atoms with Gasteiger partial charge in [-0.15, -0.1) is 0 Å². The molecule has 64 heavy (non-hydrogen) atoms. The number of nitrogens with zero attached hydrogens (tertiary/aromatic N) is 1. The van der Waals surface area contributed by atoms with E-state index in [9.17, 15) is 34.0 Å². The van der Waals surface area contributed by atoms with Gasteiger partial charge in [0.2, 0.25) is 17.7 Å². The highest BCUT2D eigenvalue weighted by molar-refractivity contribution is 6.41. The zero-order valence-corrected chi connectivity index (χ0v) is 37.0. The van der Waals surface area contributed by atoms with Crippen LogP contribution in [-0.2, 0) is 25.6 Å². The first-order valence-electron chi connectivity index (χ1n) is 21.5. The molecule has 10 N–H and O–H groups in total. The van der Waals surface area contributed by atoms with Gasteiger partial charge in [-0.1, -0.05) is 73.5 Å². The highest BCUT2D eigenvalue weighted by Crippen LogP contribution is 2.41. The van der Waals surface area contributed by atoms with Gasteiger partial charge in [-0.05, 0) is 78.0 Å². The molecule has 1 heterocycles. The maximum absolute atomic E-state index is 14.8. The molecule has 1 aliphatic rings. The Labute approximate surface area is 379 Å². The number of halogens is 1. The number of ether oxygens (including phenoxy) is 2. The van der Waals surface area contributed by atoms with Crippen molar-refractivity contribution >= 4 is 48.0 Å². The Morgan fingerprint density at radius 2 is 1.45 bits per heavy atom. The number of benzene rings is 4. The van der Waals surface area contributed by atoms with Gasteiger partial charge in [-0.25, -0.2) is 0 Å². The average Bonchev–Trinajstić information content (AvgIpc) is 3.28. The molecule has 4 aromatic rings. The molecule has 4 atom stereocenters. The summed E-state index contributed by atoms with van der Waals surface area (Å²) in [5.74, 6) is -3.43. The number of nitrogens with one attached hydrogen (secondary N) is 2. The van der Waals surface area contributed by atoms with Crippen molar-refractivity contribution in [3.8, 4) is 33.8 Å². The molecule has 15 nitrogen and oxygen atoms in total. The van der Waals surface area contributed by atoms with E-state index in [1.54, 1.807) is 67.6 Å². The summed E-state index contributed by atoms with van der Waals surface area (Å²) in [5, 5.41) is 24.7. The van der Waals surface area contributed by atoms with Crippen molar-refractivity contribution in [2.45, 2.75) is 57.5 Å². The van der Waals surface area contributed by atoms with Gasteiger partial charge in [-0.3, -0.25) is 24.0 Å². The van der Waals surface area contributed by atoms with Crippen LogP contribution in [0.5, 0.6) is 11.5 Å². The number of carbonyl (C=O) groups excluding carboxylic acids is 5. The van der Waals surface area contributed by atoms with Crippen molar-refractivity contribution < 1.29 is 43.5 Å². The van der Waals surface area contributed by atoms with Crippen LogP contribution < -0.4 is 37.3 Å². The monoisotopic (exact) mass is 896 g/mol. The number of amides is 3. The lowest BCUT2D eigenvalue weighted by atomic mass is 9.87. The third kappa shape index (κ3) is 13.2. The lowest BCUT2D eigenvalue weighted by molar-refractivity contribution is -0.142. The van der Waals surface area contributed by atoms with Gasteiger partial charge in [0, 0.05) is 72.9 Å². The van der Waals surface area contributed by atoms with Crippen LogP contribution in [0.3, 0.4) is 0 Å².